The average molecular weight is 556 g/mol. The van der Waals surface area contributed by atoms with E-state index in [9.17, 15) is 10.1 Å². The zero-order valence-corrected chi connectivity index (χ0v) is 24.9. The molecule has 1 aliphatic rings. The Morgan fingerprint density at radius 3 is 2.30 bits per heavy atom. The first-order chi connectivity index (χ1) is 19.2. The fourth-order valence-electron chi connectivity index (χ4n) is 4.93. The first kappa shape index (κ1) is 29.0. The second-order valence-corrected chi connectivity index (χ2v) is 11.0. The highest BCUT2D eigenvalue weighted by atomic mass is 32.2. The predicted octanol–water partition coefficient (Wildman–Crippen LogP) is 5.32. The lowest BCUT2D eigenvalue weighted by atomic mass is 10.1. The minimum Gasteiger partial charge on any atom is -0.378 e. The van der Waals surface area contributed by atoms with Crippen LogP contribution in [0.4, 0.5) is 17.2 Å². The molecule has 1 saturated heterocycles. The molecule has 2 aromatic heterocycles. The summed E-state index contributed by atoms with van der Waals surface area (Å²) in [5.41, 5.74) is 5.43. The van der Waals surface area contributed by atoms with Gasteiger partial charge >= 0.3 is 0 Å². The summed E-state index contributed by atoms with van der Waals surface area (Å²) in [6.07, 6.45) is 5.76. The van der Waals surface area contributed by atoms with E-state index in [0.29, 0.717) is 11.1 Å². The van der Waals surface area contributed by atoms with E-state index in [-0.39, 0.29) is 11.6 Å². The van der Waals surface area contributed by atoms with Gasteiger partial charge in [-0.05, 0) is 63.8 Å². The molecule has 0 spiro atoms. The van der Waals surface area contributed by atoms with E-state index in [0.717, 1.165) is 65.2 Å². The normalized spacial score (nSPS) is 13.8. The predicted molar refractivity (Wildman–Crippen MR) is 165 cm³/mol. The molecule has 1 atom stereocenters. The number of hydrogen-bond acceptors (Lipinski definition) is 8. The molecule has 40 heavy (non-hydrogen) atoms. The lowest BCUT2D eigenvalue weighted by Gasteiger charge is -2.37. The van der Waals surface area contributed by atoms with Crippen LogP contribution in [-0.2, 0) is 7.05 Å². The lowest BCUT2D eigenvalue weighted by molar-refractivity contribution is 0.630. The number of aromatic nitrogens is 3. The largest absolute Gasteiger partial charge is 0.378 e. The van der Waals surface area contributed by atoms with Gasteiger partial charge in [0.05, 0.1) is 29.7 Å². The minimum absolute atomic E-state index is 0.0150. The molecule has 0 radical (unpaired) electrons. The van der Waals surface area contributed by atoms with Crippen LogP contribution in [0.5, 0.6) is 0 Å². The number of aryl methyl sites for hydroxylation is 3. The number of benzene rings is 1. The second kappa shape index (κ2) is 12.9. The van der Waals surface area contributed by atoms with Crippen LogP contribution in [0.15, 0.2) is 64.5 Å². The summed E-state index contributed by atoms with van der Waals surface area (Å²) in [5, 5.41) is 12.9. The Morgan fingerprint density at radius 2 is 1.65 bits per heavy atom. The third-order valence-electron chi connectivity index (χ3n) is 7.19. The Labute approximate surface area is 241 Å². The molecule has 3 aromatic rings. The molecule has 208 valence electrons. The van der Waals surface area contributed by atoms with Crippen molar-refractivity contribution in [2.24, 2.45) is 7.05 Å². The van der Waals surface area contributed by atoms with Crippen molar-refractivity contribution in [2.45, 2.75) is 38.6 Å². The van der Waals surface area contributed by atoms with Crippen LogP contribution in [0.2, 0.25) is 0 Å². The first-order valence-electron chi connectivity index (χ1n) is 13.4. The van der Waals surface area contributed by atoms with Gasteiger partial charge in [-0.3, -0.25) is 9.36 Å². The number of nitriles is 1. The van der Waals surface area contributed by atoms with Gasteiger partial charge in [0.1, 0.15) is 11.6 Å². The summed E-state index contributed by atoms with van der Waals surface area (Å²) in [7, 11) is 1.85. The number of piperazine rings is 1. The summed E-state index contributed by atoms with van der Waals surface area (Å²) < 4.78 is 1.76. The van der Waals surface area contributed by atoms with Gasteiger partial charge in [0, 0.05) is 55.4 Å². The van der Waals surface area contributed by atoms with Crippen molar-refractivity contribution < 1.29 is 0 Å². The van der Waals surface area contributed by atoms with E-state index in [1.165, 1.54) is 0 Å². The smallest absolute Gasteiger partial charge is 0.254 e. The lowest BCUT2D eigenvalue weighted by Crippen LogP contribution is -2.47. The van der Waals surface area contributed by atoms with Crippen LogP contribution in [0.3, 0.4) is 0 Å². The molecule has 0 bridgehead atoms. The molecule has 1 N–H and O–H groups in total. The molecule has 3 heterocycles. The first-order valence-corrected chi connectivity index (χ1v) is 14.6. The molecular weight excluding hydrogens is 518 g/mol. The maximum atomic E-state index is 13.3. The molecule has 0 unspecified atom stereocenters. The number of thioether (sulfide) groups is 1. The highest BCUT2D eigenvalue weighted by Gasteiger charge is 2.20. The fraction of sp³-hybridized carbons (Fsp3) is 0.355. The Bertz CT molecular complexity index is 1520. The topological polar surface area (TPSA) is 90.1 Å². The zero-order valence-electron chi connectivity index (χ0n) is 24.1. The highest BCUT2D eigenvalue weighted by molar-refractivity contribution is 7.98. The van der Waals surface area contributed by atoms with Crippen molar-refractivity contribution in [1.82, 2.24) is 14.5 Å². The molecule has 0 saturated carbocycles. The quantitative estimate of drug-likeness (QED) is 0.409. The van der Waals surface area contributed by atoms with Gasteiger partial charge in [-0.1, -0.05) is 23.8 Å². The third-order valence-corrected chi connectivity index (χ3v) is 7.97. The monoisotopic (exact) mass is 555 g/mol. The maximum absolute atomic E-state index is 13.3. The maximum Gasteiger partial charge on any atom is 0.254 e. The number of nitrogens with one attached hydrogen (secondary N) is 1. The summed E-state index contributed by atoms with van der Waals surface area (Å²) in [5.74, 6) is 1.63. The summed E-state index contributed by atoms with van der Waals surface area (Å²) in [4.78, 5) is 27.6. The SMILES string of the molecule is CSc1cc(C#N)ccc1N[C@H](C)c1ccc(N2CCN(c3cnc(C)nc3)CC2)n(C)c(=O)c(C)cc(C)c1. The van der Waals surface area contributed by atoms with Crippen molar-refractivity contribution in [3.8, 4) is 6.07 Å². The summed E-state index contributed by atoms with van der Waals surface area (Å²) >= 11 is 1.61. The van der Waals surface area contributed by atoms with Gasteiger partial charge in [-0.25, -0.2) is 9.97 Å². The van der Waals surface area contributed by atoms with E-state index in [1.807, 2.05) is 70.7 Å². The van der Waals surface area contributed by atoms with Gasteiger partial charge in [-0.2, -0.15) is 5.26 Å². The standard InChI is InChI=1S/C31H37N7OS/c1-21-15-22(2)31(39)36(5)30(38-13-11-37(12-14-38)27-19-33-24(4)34-20-27)10-8-26(16-21)23(3)35-28-9-7-25(18-32)17-29(28)40-6/h7-10,15-17,19-20,23,35H,11-14H2,1-6H3/t23-/m1/s1. The highest BCUT2D eigenvalue weighted by Crippen LogP contribution is 2.30. The Balaban J connectivity index is 1.69. The average Bonchev–Trinajstić information content (AvgIpc) is 2.96. The molecule has 0 aliphatic carbocycles. The second-order valence-electron chi connectivity index (χ2n) is 10.1. The number of nitrogens with zero attached hydrogens (tertiary/aromatic N) is 6. The van der Waals surface area contributed by atoms with E-state index in [2.05, 4.69) is 56.3 Å². The van der Waals surface area contributed by atoms with Crippen molar-refractivity contribution in [3.05, 3.63) is 93.3 Å². The van der Waals surface area contributed by atoms with Gasteiger partial charge < -0.3 is 15.1 Å². The van der Waals surface area contributed by atoms with Crippen LogP contribution in [0.25, 0.3) is 0 Å². The van der Waals surface area contributed by atoms with E-state index >= 15 is 0 Å². The van der Waals surface area contributed by atoms with Gasteiger partial charge in [0.15, 0.2) is 0 Å². The molecule has 1 aliphatic heterocycles. The van der Waals surface area contributed by atoms with Gasteiger partial charge in [0.25, 0.3) is 5.56 Å². The van der Waals surface area contributed by atoms with E-state index < -0.39 is 0 Å². The molecule has 1 fully saturated rings. The number of hydrogen-bond donors (Lipinski definition) is 1. The Hall–Kier alpha value is -4.03. The van der Waals surface area contributed by atoms with Crippen LogP contribution in [0.1, 0.15) is 41.0 Å². The fourth-order valence-corrected chi connectivity index (χ4v) is 5.53. The molecule has 4 rings (SSSR count). The Kier molecular flexibility index (Phi) is 9.33. The molecule has 1 aromatic carbocycles. The van der Waals surface area contributed by atoms with Crippen LogP contribution < -0.4 is 20.7 Å². The zero-order chi connectivity index (χ0) is 28.8. The van der Waals surface area contributed by atoms with Crippen molar-refractivity contribution in [2.75, 3.05) is 47.6 Å². The van der Waals surface area contributed by atoms with E-state index in [1.54, 1.807) is 16.3 Å². The summed E-state index contributed by atoms with van der Waals surface area (Å²) in [6.45, 7) is 11.1. The number of rotatable bonds is 6. The molecular formula is C31H37N7OS. The van der Waals surface area contributed by atoms with Crippen molar-refractivity contribution in [3.63, 3.8) is 0 Å². The molecule has 9 heteroatoms. The van der Waals surface area contributed by atoms with Crippen molar-refractivity contribution in [1.29, 1.82) is 5.26 Å². The molecule has 0 amide bonds. The van der Waals surface area contributed by atoms with Crippen molar-refractivity contribution >= 4 is 29.0 Å². The third kappa shape index (κ3) is 6.75. The van der Waals surface area contributed by atoms with E-state index in [4.69, 9.17) is 0 Å². The Morgan fingerprint density at radius 1 is 0.975 bits per heavy atom. The minimum atomic E-state index is -0.0152. The van der Waals surface area contributed by atoms with Crippen LogP contribution in [0, 0.1) is 32.1 Å². The van der Waals surface area contributed by atoms with Gasteiger partial charge in [0.2, 0.25) is 0 Å². The van der Waals surface area contributed by atoms with Crippen LogP contribution in [-0.4, -0.2) is 47.0 Å². The number of anilines is 3. The van der Waals surface area contributed by atoms with Gasteiger partial charge in [-0.15, -0.1) is 11.8 Å². The summed E-state index contributed by atoms with van der Waals surface area (Å²) in [6, 6.07) is 16.2. The molecule has 8 nitrogen and oxygen atoms in total. The van der Waals surface area contributed by atoms with Crippen LogP contribution >= 0.6 is 11.8 Å².